The molecular formula is C31H33F4N3O5. The maximum atomic E-state index is 14.6. The van der Waals surface area contributed by atoms with Crippen molar-refractivity contribution in [2.75, 3.05) is 13.7 Å². The van der Waals surface area contributed by atoms with Gasteiger partial charge in [0.2, 0.25) is 5.60 Å². The molecule has 1 saturated heterocycles. The number of nitrogens with one attached hydrogen (secondary N) is 1. The molecule has 43 heavy (non-hydrogen) atoms. The highest BCUT2D eigenvalue weighted by molar-refractivity contribution is 5.96. The van der Waals surface area contributed by atoms with Gasteiger partial charge in [0.1, 0.15) is 5.82 Å². The van der Waals surface area contributed by atoms with Gasteiger partial charge in [0.25, 0.3) is 5.91 Å². The van der Waals surface area contributed by atoms with E-state index in [0.29, 0.717) is 18.5 Å². The number of carbonyl (C=O) groups is 2. The molecule has 12 heteroatoms. The van der Waals surface area contributed by atoms with Crippen LogP contribution >= 0.6 is 0 Å². The first kappa shape index (κ1) is 31.9. The maximum absolute atomic E-state index is 14.6. The molecule has 1 fully saturated rings. The third-order valence-corrected chi connectivity index (χ3v) is 7.38. The molecule has 0 saturated carbocycles. The van der Waals surface area contributed by atoms with E-state index in [-0.39, 0.29) is 39.8 Å². The standard InChI is InChI=1S/C31H33F4N3O5/c1-17-13-18(5-7-21(17)32)22-15-20(29(2,3)36)16-27(38-22)30(41,31(33,34)35)11-9-23(39)19-6-8-24(26(14-19)42-4)43-25-10-12-37-28(25)40/h5-8,13-16,25,41H,9-12,36H2,1-4H3,(H,37,40)/t25-,30?/m0/s1. The molecule has 0 spiro atoms. The zero-order valence-corrected chi connectivity index (χ0v) is 24.1. The number of hydrogen-bond donors (Lipinski definition) is 3. The number of carbonyl (C=O) groups excluding carboxylic acids is 2. The van der Waals surface area contributed by atoms with Gasteiger partial charge in [-0.15, -0.1) is 0 Å². The Morgan fingerprint density at radius 1 is 1.12 bits per heavy atom. The highest BCUT2D eigenvalue weighted by Crippen LogP contribution is 2.44. The largest absolute Gasteiger partial charge is 0.493 e. The van der Waals surface area contributed by atoms with E-state index in [1.807, 2.05) is 0 Å². The minimum absolute atomic E-state index is 0.0249. The van der Waals surface area contributed by atoms with Crippen molar-refractivity contribution in [1.29, 1.82) is 0 Å². The number of nitrogens with two attached hydrogens (primary N) is 1. The minimum atomic E-state index is -5.22. The summed E-state index contributed by atoms with van der Waals surface area (Å²) in [4.78, 5) is 29.1. The fraction of sp³-hybridized carbons (Fsp3) is 0.387. The van der Waals surface area contributed by atoms with Crippen molar-refractivity contribution in [2.24, 2.45) is 5.73 Å². The molecule has 3 aromatic rings. The number of aryl methyl sites for hydroxylation is 1. The summed E-state index contributed by atoms with van der Waals surface area (Å²) in [7, 11) is 1.32. The number of Topliss-reactive ketones (excluding diaryl/α,β-unsaturated/α-hetero) is 1. The number of aliphatic hydroxyl groups is 1. The lowest BCUT2D eigenvalue weighted by Gasteiger charge is -2.32. The predicted molar refractivity (Wildman–Crippen MR) is 150 cm³/mol. The summed E-state index contributed by atoms with van der Waals surface area (Å²) < 4.78 is 68.6. The quantitative estimate of drug-likeness (QED) is 0.218. The van der Waals surface area contributed by atoms with E-state index in [9.17, 15) is 32.3 Å². The second kappa shape index (κ2) is 11.9. The molecule has 0 radical (unpaired) electrons. The molecule has 1 amide bonds. The first-order valence-corrected chi connectivity index (χ1v) is 13.6. The van der Waals surface area contributed by atoms with Crippen LogP contribution in [0.5, 0.6) is 11.5 Å². The number of nitrogens with zero attached hydrogens (tertiary/aromatic N) is 1. The Hall–Kier alpha value is -4.03. The van der Waals surface area contributed by atoms with E-state index in [1.165, 1.54) is 56.5 Å². The molecule has 2 aromatic carbocycles. The molecule has 1 aliphatic heterocycles. The van der Waals surface area contributed by atoms with Crippen LogP contribution in [0.15, 0.2) is 48.5 Å². The van der Waals surface area contributed by atoms with E-state index in [1.54, 1.807) is 13.8 Å². The van der Waals surface area contributed by atoms with Gasteiger partial charge in [-0.05, 0) is 86.8 Å². The van der Waals surface area contributed by atoms with E-state index >= 15 is 0 Å². The number of pyridine rings is 1. The third-order valence-electron chi connectivity index (χ3n) is 7.38. The van der Waals surface area contributed by atoms with Crippen molar-refractivity contribution in [2.45, 2.75) is 63.5 Å². The average Bonchev–Trinajstić information content (AvgIpc) is 3.35. The molecular weight excluding hydrogens is 570 g/mol. The van der Waals surface area contributed by atoms with Crippen LogP contribution < -0.4 is 20.5 Å². The zero-order valence-electron chi connectivity index (χ0n) is 24.1. The van der Waals surface area contributed by atoms with Gasteiger partial charge in [-0.1, -0.05) is 0 Å². The molecule has 4 rings (SSSR count). The summed E-state index contributed by atoms with van der Waals surface area (Å²) in [5.74, 6) is -1.17. The van der Waals surface area contributed by atoms with Crippen LogP contribution in [0.1, 0.15) is 60.3 Å². The maximum Gasteiger partial charge on any atom is 0.422 e. The number of alkyl halides is 3. The normalized spacial score (nSPS) is 16.9. The van der Waals surface area contributed by atoms with Crippen LogP contribution in [0.4, 0.5) is 17.6 Å². The molecule has 2 atom stereocenters. The van der Waals surface area contributed by atoms with E-state index in [0.717, 1.165) is 6.07 Å². The van der Waals surface area contributed by atoms with Crippen molar-refractivity contribution in [3.05, 3.63) is 76.7 Å². The fourth-order valence-corrected chi connectivity index (χ4v) is 4.70. The summed E-state index contributed by atoms with van der Waals surface area (Å²) in [5.41, 5.74) is 1.77. The lowest BCUT2D eigenvalue weighted by atomic mass is 9.86. The summed E-state index contributed by atoms with van der Waals surface area (Å²) in [5, 5.41) is 13.8. The highest BCUT2D eigenvalue weighted by atomic mass is 19.4. The molecule has 230 valence electrons. The molecule has 0 aliphatic carbocycles. The monoisotopic (exact) mass is 603 g/mol. The van der Waals surface area contributed by atoms with Crippen LogP contribution in [-0.2, 0) is 15.9 Å². The van der Waals surface area contributed by atoms with Gasteiger partial charge < -0.3 is 25.6 Å². The van der Waals surface area contributed by atoms with E-state index in [4.69, 9.17) is 15.2 Å². The fourth-order valence-electron chi connectivity index (χ4n) is 4.70. The Morgan fingerprint density at radius 2 is 1.84 bits per heavy atom. The second-order valence-electron chi connectivity index (χ2n) is 11.1. The molecule has 8 nitrogen and oxygen atoms in total. The van der Waals surface area contributed by atoms with Gasteiger partial charge in [0.05, 0.1) is 18.5 Å². The topological polar surface area (TPSA) is 124 Å². The summed E-state index contributed by atoms with van der Waals surface area (Å²) in [6.07, 6.45) is -7.25. The number of amides is 1. The van der Waals surface area contributed by atoms with Crippen molar-refractivity contribution >= 4 is 11.7 Å². The molecule has 2 heterocycles. The number of rotatable bonds is 10. The smallest absolute Gasteiger partial charge is 0.422 e. The molecule has 1 aromatic heterocycles. The lowest BCUT2D eigenvalue weighted by Crippen LogP contribution is -2.44. The van der Waals surface area contributed by atoms with Crippen LogP contribution in [0.3, 0.4) is 0 Å². The Morgan fingerprint density at radius 3 is 2.42 bits per heavy atom. The predicted octanol–water partition coefficient (Wildman–Crippen LogP) is 5.08. The van der Waals surface area contributed by atoms with Crippen LogP contribution in [0, 0.1) is 12.7 Å². The molecule has 4 N–H and O–H groups in total. The van der Waals surface area contributed by atoms with Crippen molar-refractivity contribution in [3.8, 4) is 22.8 Å². The Balaban J connectivity index is 1.66. The number of halogens is 4. The lowest BCUT2D eigenvalue weighted by molar-refractivity contribution is -0.270. The number of methoxy groups -OCH3 is 1. The SMILES string of the molecule is COc1cc(C(=O)CCC(O)(c2cc(C(C)(C)N)cc(-c3ccc(F)c(C)c3)n2)C(F)(F)F)ccc1O[C@H]1CCNC1=O. The van der Waals surface area contributed by atoms with Gasteiger partial charge in [-0.25, -0.2) is 9.37 Å². The number of hydrogen-bond acceptors (Lipinski definition) is 7. The average molecular weight is 604 g/mol. The van der Waals surface area contributed by atoms with Gasteiger partial charge in [0, 0.05) is 36.1 Å². The number of ether oxygens (including phenoxy) is 2. The van der Waals surface area contributed by atoms with Crippen LogP contribution in [-0.4, -0.2) is 47.7 Å². The van der Waals surface area contributed by atoms with Crippen molar-refractivity contribution in [1.82, 2.24) is 10.3 Å². The first-order valence-electron chi connectivity index (χ1n) is 13.6. The Labute approximate surface area is 246 Å². The van der Waals surface area contributed by atoms with Gasteiger partial charge in [-0.2, -0.15) is 13.2 Å². The second-order valence-corrected chi connectivity index (χ2v) is 11.1. The molecule has 1 aliphatic rings. The van der Waals surface area contributed by atoms with Gasteiger partial charge >= 0.3 is 6.18 Å². The van der Waals surface area contributed by atoms with E-state index < -0.39 is 53.6 Å². The summed E-state index contributed by atoms with van der Waals surface area (Å²) in [6.45, 7) is 5.13. The zero-order chi connectivity index (χ0) is 31.7. The van der Waals surface area contributed by atoms with Crippen LogP contribution in [0.25, 0.3) is 11.3 Å². The Bertz CT molecular complexity index is 1540. The van der Waals surface area contributed by atoms with E-state index in [2.05, 4.69) is 10.3 Å². The number of benzene rings is 2. The third kappa shape index (κ3) is 6.80. The van der Waals surface area contributed by atoms with Crippen molar-refractivity contribution < 1.29 is 41.7 Å². The first-order chi connectivity index (χ1) is 20.0. The molecule has 0 bridgehead atoms. The van der Waals surface area contributed by atoms with Crippen LogP contribution in [0.2, 0.25) is 0 Å². The minimum Gasteiger partial charge on any atom is -0.493 e. The highest BCUT2D eigenvalue weighted by Gasteiger charge is 2.56. The summed E-state index contributed by atoms with van der Waals surface area (Å²) >= 11 is 0. The number of ketones is 1. The number of aromatic nitrogens is 1. The van der Waals surface area contributed by atoms with Gasteiger partial charge in [-0.3, -0.25) is 9.59 Å². The Kier molecular flexibility index (Phi) is 8.85. The van der Waals surface area contributed by atoms with Crippen molar-refractivity contribution in [3.63, 3.8) is 0 Å². The molecule has 1 unspecified atom stereocenters. The van der Waals surface area contributed by atoms with Gasteiger partial charge in [0.15, 0.2) is 23.4 Å². The summed E-state index contributed by atoms with van der Waals surface area (Å²) in [6, 6.07) is 10.6.